The third kappa shape index (κ3) is 6.31. The van der Waals surface area contributed by atoms with Crippen LogP contribution in [-0.2, 0) is 14.3 Å². The lowest BCUT2D eigenvalue weighted by Gasteiger charge is -2.40. The van der Waals surface area contributed by atoms with E-state index in [1.165, 1.54) is 0 Å². The summed E-state index contributed by atoms with van der Waals surface area (Å²) in [6.07, 6.45) is 6.46. The van der Waals surface area contributed by atoms with Gasteiger partial charge in [0.15, 0.2) is 0 Å². The number of carbonyl (C=O) groups excluding carboxylic acids is 2. The monoisotopic (exact) mass is 325 g/mol. The average Bonchev–Trinajstić information content (AvgIpc) is 2.51. The molecule has 6 nitrogen and oxygen atoms in total. The fourth-order valence-electron chi connectivity index (χ4n) is 2.87. The summed E-state index contributed by atoms with van der Waals surface area (Å²) in [7, 11) is 9.12. The molecule has 0 radical (unpaired) electrons. The summed E-state index contributed by atoms with van der Waals surface area (Å²) in [4.78, 5) is 29.8. The number of piperidine rings is 1. The lowest BCUT2D eigenvalue weighted by atomic mass is 9.94. The molecule has 2 amide bonds. The molecular formula is C17H31N3O3. The van der Waals surface area contributed by atoms with Crippen LogP contribution in [0.1, 0.15) is 25.7 Å². The molecule has 0 spiro atoms. The summed E-state index contributed by atoms with van der Waals surface area (Å²) in [5, 5.41) is 0. The summed E-state index contributed by atoms with van der Waals surface area (Å²) in [6, 6.07) is -0.0332. The van der Waals surface area contributed by atoms with Crippen LogP contribution in [0.2, 0.25) is 0 Å². The molecule has 1 aliphatic heterocycles. The van der Waals surface area contributed by atoms with Crippen LogP contribution in [0.4, 0.5) is 0 Å². The van der Waals surface area contributed by atoms with Crippen molar-refractivity contribution in [3.8, 4) is 0 Å². The van der Waals surface area contributed by atoms with Gasteiger partial charge in [-0.25, -0.2) is 0 Å². The van der Waals surface area contributed by atoms with Crippen molar-refractivity contribution in [1.82, 2.24) is 14.7 Å². The number of likely N-dealkylation sites (N-methyl/N-ethyl adjacent to an activating group) is 1. The Balaban J connectivity index is 2.73. The normalized spacial score (nSPS) is 21.9. The van der Waals surface area contributed by atoms with E-state index in [0.29, 0.717) is 12.8 Å². The standard InChI is InChI=1S/C17H31N3O3/c1-18(2)12-7-9-17(22)20-13-6-8-15(23-5)14(20)10-11-16(21)19(3)4/h7,9,14-15H,6,8,10-13H2,1-5H3/b9-7+/t14-,15-/m0/s1. The quantitative estimate of drug-likeness (QED) is 0.655. The van der Waals surface area contributed by atoms with Crippen molar-refractivity contribution in [1.29, 1.82) is 0 Å². The van der Waals surface area contributed by atoms with E-state index in [2.05, 4.69) is 0 Å². The van der Waals surface area contributed by atoms with E-state index in [1.54, 1.807) is 32.2 Å². The lowest BCUT2D eigenvalue weighted by molar-refractivity contribution is -0.137. The molecule has 1 saturated heterocycles. The van der Waals surface area contributed by atoms with Gasteiger partial charge in [0.2, 0.25) is 11.8 Å². The minimum Gasteiger partial charge on any atom is -0.379 e. The van der Waals surface area contributed by atoms with Crippen LogP contribution in [0, 0.1) is 0 Å². The van der Waals surface area contributed by atoms with Crippen LogP contribution in [0.25, 0.3) is 0 Å². The van der Waals surface area contributed by atoms with Gasteiger partial charge in [-0.05, 0) is 33.4 Å². The molecule has 0 aromatic rings. The smallest absolute Gasteiger partial charge is 0.246 e. The van der Waals surface area contributed by atoms with Crippen molar-refractivity contribution in [2.24, 2.45) is 0 Å². The summed E-state index contributed by atoms with van der Waals surface area (Å²) >= 11 is 0. The molecular weight excluding hydrogens is 294 g/mol. The maximum absolute atomic E-state index is 12.5. The van der Waals surface area contributed by atoms with E-state index in [9.17, 15) is 9.59 Å². The zero-order chi connectivity index (χ0) is 17.4. The van der Waals surface area contributed by atoms with Crippen LogP contribution in [0.3, 0.4) is 0 Å². The van der Waals surface area contributed by atoms with Gasteiger partial charge < -0.3 is 19.4 Å². The molecule has 23 heavy (non-hydrogen) atoms. The molecule has 132 valence electrons. The Morgan fingerprint density at radius 3 is 2.52 bits per heavy atom. The van der Waals surface area contributed by atoms with E-state index < -0.39 is 0 Å². The summed E-state index contributed by atoms with van der Waals surface area (Å²) < 4.78 is 5.57. The van der Waals surface area contributed by atoms with Gasteiger partial charge in [-0.2, -0.15) is 0 Å². The lowest BCUT2D eigenvalue weighted by Crippen LogP contribution is -2.51. The van der Waals surface area contributed by atoms with Gasteiger partial charge in [0.05, 0.1) is 12.1 Å². The average molecular weight is 325 g/mol. The van der Waals surface area contributed by atoms with Crippen LogP contribution >= 0.6 is 0 Å². The highest BCUT2D eigenvalue weighted by molar-refractivity contribution is 5.88. The van der Waals surface area contributed by atoms with Gasteiger partial charge in [-0.15, -0.1) is 0 Å². The number of carbonyl (C=O) groups is 2. The molecule has 0 aromatic heterocycles. The van der Waals surface area contributed by atoms with Crippen molar-refractivity contribution in [2.45, 2.75) is 37.8 Å². The second-order valence-electron chi connectivity index (χ2n) is 6.51. The van der Waals surface area contributed by atoms with Crippen molar-refractivity contribution >= 4 is 11.8 Å². The minimum atomic E-state index is -0.0332. The second kappa shape index (κ2) is 9.67. The molecule has 0 bridgehead atoms. The molecule has 0 N–H and O–H groups in total. The molecule has 0 saturated carbocycles. The Labute approximate surface area is 140 Å². The molecule has 2 atom stereocenters. The number of methoxy groups -OCH3 is 1. The van der Waals surface area contributed by atoms with Crippen LogP contribution in [-0.4, -0.2) is 87.0 Å². The highest BCUT2D eigenvalue weighted by atomic mass is 16.5. The number of amides is 2. The summed E-state index contributed by atoms with van der Waals surface area (Å²) in [6.45, 7) is 1.46. The molecule has 0 aliphatic carbocycles. The Kier molecular flexibility index (Phi) is 8.26. The second-order valence-corrected chi connectivity index (χ2v) is 6.51. The third-order valence-electron chi connectivity index (χ3n) is 4.19. The Morgan fingerprint density at radius 2 is 1.96 bits per heavy atom. The molecule has 1 aliphatic rings. The number of rotatable bonds is 7. The van der Waals surface area contributed by atoms with E-state index in [-0.39, 0.29) is 24.0 Å². The topological polar surface area (TPSA) is 53.1 Å². The number of likely N-dealkylation sites (tertiary alicyclic amines) is 1. The maximum Gasteiger partial charge on any atom is 0.246 e. The van der Waals surface area contributed by atoms with Crippen LogP contribution < -0.4 is 0 Å². The van der Waals surface area contributed by atoms with E-state index >= 15 is 0 Å². The maximum atomic E-state index is 12.5. The zero-order valence-corrected chi connectivity index (χ0v) is 15.1. The molecule has 6 heteroatoms. The van der Waals surface area contributed by atoms with Gasteiger partial charge in [-0.1, -0.05) is 6.08 Å². The number of hydrogen-bond donors (Lipinski definition) is 0. The van der Waals surface area contributed by atoms with Crippen molar-refractivity contribution in [3.05, 3.63) is 12.2 Å². The van der Waals surface area contributed by atoms with Gasteiger partial charge in [0.25, 0.3) is 0 Å². The SMILES string of the molecule is CO[C@H]1CCCN(C(=O)/C=C/CN(C)C)[C@H]1CCC(=O)N(C)C. The Bertz CT molecular complexity index is 421. The Morgan fingerprint density at radius 1 is 1.26 bits per heavy atom. The van der Waals surface area contributed by atoms with Crippen molar-refractivity contribution in [2.75, 3.05) is 48.4 Å². The first-order chi connectivity index (χ1) is 10.9. The summed E-state index contributed by atoms with van der Waals surface area (Å²) in [5.74, 6) is 0.0943. The van der Waals surface area contributed by atoms with Gasteiger partial charge in [0.1, 0.15) is 0 Å². The predicted molar refractivity (Wildman–Crippen MR) is 91.2 cm³/mol. The van der Waals surface area contributed by atoms with Crippen molar-refractivity contribution in [3.63, 3.8) is 0 Å². The first kappa shape index (κ1) is 19.6. The van der Waals surface area contributed by atoms with E-state index in [1.807, 2.05) is 30.0 Å². The van der Waals surface area contributed by atoms with Crippen molar-refractivity contribution < 1.29 is 14.3 Å². The van der Waals surface area contributed by atoms with E-state index in [4.69, 9.17) is 4.74 Å². The van der Waals surface area contributed by atoms with E-state index in [0.717, 1.165) is 25.9 Å². The Hall–Kier alpha value is -1.40. The fourth-order valence-corrected chi connectivity index (χ4v) is 2.87. The molecule has 1 fully saturated rings. The van der Waals surface area contributed by atoms with Crippen LogP contribution in [0.15, 0.2) is 12.2 Å². The van der Waals surface area contributed by atoms with Gasteiger partial charge in [0, 0.05) is 46.8 Å². The third-order valence-corrected chi connectivity index (χ3v) is 4.19. The van der Waals surface area contributed by atoms with Crippen LogP contribution in [0.5, 0.6) is 0 Å². The molecule has 0 unspecified atom stereocenters. The zero-order valence-electron chi connectivity index (χ0n) is 15.1. The fraction of sp³-hybridized carbons (Fsp3) is 0.765. The first-order valence-electron chi connectivity index (χ1n) is 8.21. The highest BCUT2D eigenvalue weighted by Gasteiger charge is 2.33. The first-order valence-corrected chi connectivity index (χ1v) is 8.21. The number of hydrogen-bond acceptors (Lipinski definition) is 4. The largest absolute Gasteiger partial charge is 0.379 e. The highest BCUT2D eigenvalue weighted by Crippen LogP contribution is 2.24. The summed E-state index contributed by atoms with van der Waals surface area (Å²) in [5.41, 5.74) is 0. The molecule has 0 aromatic carbocycles. The molecule has 1 heterocycles. The van der Waals surface area contributed by atoms with Gasteiger partial charge in [-0.3, -0.25) is 9.59 Å². The van der Waals surface area contributed by atoms with Gasteiger partial charge >= 0.3 is 0 Å². The number of nitrogens with zero attached hydrogens (tertiary/aromatic N) is 3. The minimum absolute atomic E-state index is 0.00455. The number of ether oxygens (including phenoxy) is 1. The molecule has 1 rings (SSSR count). The predicted octanol–water partition coefficient (Wildman–Crippen LogP) is 0.979.